The van der Waals surface area contributed by atoms with E-state index in [0.29, 0.717) is 11.5 Å². The first-order valence-corrected chi connectivity index (χ1v) is 10.1. The highest BCUT2D eigenvalue weighted by molar-refractivity contribution is 5.80. The Hall–Kier alpha value is -3.18. The highest BCUT2D eigenvalue weighted by Crippen LogP contribution is 2.17. The fraction of sp³-hybridized carbons (Fsp3) is 0.364. The van der Waals surface area contributed by atoms with Gasteiger partial charge in [0.1, 0.15) is 23.7 Å². The van der Waals surface area contributed by atoms with Crippen LogP contribution in [-0.4, -0.2) is 57.7 Å². The molecule has 0 radical (unpaired) electrons. The molecule has 0 heterocycles. The first-order chi connectivity index (χ1) is 15.1. The number of hydrogen-bond donors (Lipinski definition) is 6. The molecule has 0 saturated carbocycles. The number of phenols is 2. The molecule has 178 valence electrons. The van der Waals surface area contributed by atoms with Crippen LogP contribution in [0.5, 0.6) is 11.5 Å². The van der Waals surface area contributed by atoms with E-state index in [-0.39, 0.29) is 0 Å². The molecule has 2 aromatic carbocycles. The summed E-state index contributed by atoms with van der Waals surface area (Å²) in [5.41, 5.74) is 9.55. The fourth-order valence-electron chi connectivity index (χ4n) is 2.33. The van der Waals surface area contributed by atoms with Gasteiger partial charge in [0.05, 0.1) is 25.0 Å². The van der Waals surface area contributed by atoms with Crippen LogP contribution in [0.1, 0.15) is 24.0 Å². The van der Waals surface area contributed by atoms with Crippen molar-refractivity contribution in [1.29, 1.82) is 0 Å². The lowest BCUT2D eigenvalue weighted by atomic mass is 10.1. The molecule has 10 heteroatoms. The first kappa shape index (κ1) is 28.8. The van der Waals surface area contributed by atoms with Crippen LogP contribution in [0.3, 0.4) is 0 Å². The van der Waals surface area contributed by atoms with Crippen LogP contribution in [-0.2, 0) is 22.4 Å². The van der Waals surface area contributed by atoms with Gasteiger partial charge in [-0.15, -0.1) is 0 Å². The molecule has 10 nitrogen and oxygen atoms in total. The van der Waals surface area contributed by atoms with Crippen molar-refractivity contribution in [3.8, 4) is 11.5 Å². The lowest BCUT2D eigenvalue weighted by Crippen LogP contribution is -2.51. The maximum Gasteiger partial charge on any atom is 0.124 e. The SMILES string of the molecule is O=C([O-])[C@@H](O)[C@H](O)C(=O)[O-].[NH3+]CCCc1ccccc1O.[NH3+]CCCc1ccccc1O. The Balaban J connectivity index is 0.000000452. The van der Waals surface area contributed by atoms with Crippen molar-refractivity contribution in [2.75, 3.05) is 13.1 Å². The number of aliphatic hydroxyl groups is 2. The fourth-order valence-corrected chi connectivity index (χ4v) is 2.33. The number of hydrogen-bond acceptors (Lipinski definition) is 8. The molecule has 0 bridgehead atoms. The van der Waals surface area contributed by atoms with Crippen LogP contribution < -0.4 is 21.7 Å². The highest BCUT2D eigenvalue weighted by atomic mass is 16.4. The molecule has 0 aromatic heterocycles. The average Bonchev–Trinajstić information content (AvgIpc) is 2.77. The van der Waals surface area contributed by atoms with Crippen LogP contribution in [0, 0.1) is 0 Å². The largest absolute Gasteiger partial charge is 0.547 e. The van der Waals surface area contributed by atoms with Gasteiger partial charge < -0.3 is 51.7 Å². The van der Waals surface area contributed by atoms with E-state index in [1.54, 1.807) is 12.1 Å². The lowest BCUT2D eigenvalue weighted by molar-refractivity contribution is -0.368. The van der Waals surface area contributed by atoms with E-state index in [4.69, 9.17) is 10.2 Å². The molecule has 32 heavy (non-hydrogen) atoms. The molecule has 0 amide bonds. The van der Waals surface area contributed by atoms with E-state index >= 15 is 0 Å². The highest BCUT2D eigenvalue weighted by Gasteiger charge is 2.17. The minimum Gasteiger partial charge on any atom is -0.547 e. The number of phenolic OH excluding ortho intramolecular Hbond substituents is 2. The van der Waals surface area contributed by atoms with E-state index in [0.717, 1.165) is 49.9 Å². The summed E-state index contributed by atoms with van der Waals surface area (Å²) in [5, 5.41) is 54.4. The second-order valence-corrected chi connectivity index (χ2v) is 6.70. The second-order valence-electron chi connectivity index (χ2n) is 6.70. The summed E-state index contributed by atoms with van der Waals surface area (Å²) in [4.78, 5) is 19.3. The summed E-state index contributed by atoms with van der Waals surface area (Å²) < 4.78 is 0. The first-order valence-electron chi connectivity index (χ1n) is 10.1. The molecule has 10 N–H and O–H groups in total. The molecule has 0 spiro atoms. The van der Waals surface area contributed by atoms with Crippen molar-refractivity contribution in [1.82, 2.24) is 0 Å². The maximum absolute atomic E-state index is 9.63. The van der Waals surface area contributed by atoms with Crippen molar-refractivity contribution in [2.45, 2.75) is 37.9 Å². The molecule has 0 saturated heterocycles. The number of benzene rings is 2. The number of aromatic hydroxyl groups is 2. The molecule has 0 fully saturated rings. The van der Waals surface area contributed by atoms with Gasteiger partial charge in [0, 0.05) is 12.8 Å². The third kappa shape index (κ3) is 11.9. The van der Waals surface area contributed by atoms with Crippen molar-refractivity contribution < 1.29 is 51.7 Å². The lowest BCUT2D eigenvalue weighted by Gasteiger charge is -2.18. The number of quaternary nitrogens is 2. The topological polar surface area (TPSA) is 216 Å². The van der Waals surface area contributed by atoms with Crippen molar-refractivity contribution in [3.63, 3.8) is 0 Å². The monoisotopic (exact) mass is 452 g/mol. The zero-order chi connectivity index (χ0) is 24.5. The zero-order valence-corrected chi connectivity index (χ0v) is 17.9. The van der Waals surface area contributed by atoms with E-state index in [1.807, 2.05) is 36.4 Å². The normalized spacial score (nSPS) is 11.8. The molecule has 0 unspecified atom stereocenters. The van der Waals surface area contributed by atoms with Gasteiger partial charge in [-0.3, -0.25) is 0 Å². The van der Waals surface area contributed by atoms with E-state index < -0.39 is 24.1 Å². The number of carboxylic acids is 2. The molecule has 2 aromatic rings. The second kappa shape index (κ2) is 16.5. The summed E-state index contributed by atoms with van der Waals surface area (Å²) in [5.74, 6) is -3.31. The standard InChI is InChI=1S/2C9H13NO.C4H6O6/c2*10-7-3-5-8-4-1-2-6-9(8)11;5-1(3(7)8)2(6)4(9)10/h2*1-2,4,6,11H,3,5,7,10H2;1-2,5-6H,(H,7,8)(H,9,10)/t;;1-,2-/m..0/s1. The Morgan fingerprint density at radius 2 is 1.03 bits per heavy atom. The number of carboxylic acid groups (broad SMARTS) is 2. The van der Waals surface area contributed by atoms with Crippen LogP contribution >= 0.6 is 0 Å². The van der Waals surface area contributed by atoms with E-state index in [2.05, 4.69) is 11.5 Å². The number of aliphatic carboxylic acids is 2. The molecular formula is C22H32N2O8. The number of aliphatic hydroxyl groups excluding tert-OH is 2. The van der Waals surface area contributed by atoms with Crippen molar-refractivity contribution >= 4 is 11.9 Å². The third-order valence-corrected chi connectivity index (χ3v) is 4.16. The Bertz CT molecular complexity index is 749. The smallest absolute Gasteiger partial charge is 0.124 e. The maximum atomic E-state index is 9.63. The van der Waals surface area contributed by atoms with E-state index in [1.165, 1.54) is 0 Å². The average molecular weight is 453 g/mol. The third-order valence-electron chi connectivity index (χ3n) is 4.16. The van der Waals surface area contributed by atoms with Crippen LogP contribution in [0.15, 0.2) is 48.5 Å². The molecule has 0 aliphatic heterocycles. The summed E-state index contributed by atoms with van der Waals surface area (Å²) >= 11 is 0. The predicted molar refractivity (Wildman–Crippen MR) is 110 cm³/mol. The van der Waals surface area contributed by atoms with Crippen molar-refractivity contribution in [2.24, 2.45) is 0 Å². The van der Waals surface area contributed by atoms with Gasteiger partial charge in [0.25, 0.3) is 0 Å². The van der Waals surface area contributed by atoms with Crippen molar-refractivity contribution in [3.05, 3.63) is 59.7 Å². The van der Waals surface area contributed by atoms with Gasteiger partial charge in [0.2, 0.25) is 0 Å². The Morgan fingerprint density at radius 3 is 1.28 bits per heavy atom. The zero-order valence-electron chi connectivity index (χ0n) is 17.9. The van der Waals surface area contributed by atoms with Gasteiger partial charge >= 0.3 is 0 Å². The van der Waals surface area contributed by atoms with Gasteiger partial charge in [-0.05, 0) is 36.1 Å². The van der Waals surface area contributed by atoms with E-state index in [9.17, 15) is 30.0 Å². The summed E-state index contributed by atoms with van der Waals surface area (Å²) in [6, 6.07) is 14.9. The van der Waals surface area contributed by atoms with Crippen LogP contribution in [0.2, 0.25) is 0 Å². The number of para-hydroxylation sites is 2. The molecule has 2 rings (SSSR count). The Morgan fingerprint density at radius 1 is 0.719 bits per heavy atom. The summed E-state index contributed by atoms with van der Waals surface area (Å²) in [6.45, 7) is 1.85. The number of carbonyl (C=O) groups excluding carboxylic acids is 2. The Kier molecular flexibility index (Phi) is 14.9. The minimum atomic E-state index is -2.44. The van der Waals surface area contributed by atoms with Gasteiger partial charge in [0.15, 0.2) is 0 Å². The van der Waals surface area contributed by atoms with Crippen LogP contribution in [0.4, 0.5) is 0 Å². The molecular weight excluding hydrogens is 420 g/mol. The number of rotatable bonds is 9. The summed E-state index contributed by atoms with van der Waals surface area (Å²) in [6.07, 6.45) is -0.948. The van der Waals surface area contributed by atoms with Crippen LogP contribution in [0.25, 0.3) is 0 Å². The molecule has 0 aliphatic carbocycles. The van der Waals surface area contributed by atoms with Gasteiger partial charge in [-0.1, -0.05) is 36.4 Å². The van der Waals surface area contributed by atoms with Gasteiger partial charge in [-0.2, -0.15) is 0 Å². The quantitative estimate of drug-likeness (QED) is 0.222. The predicted octanol–water partition coefficient (Wildman–Crippen LogP) is -3.66. The summed E-state index contributed by atoms with van der Waals surface area (Å²) in [7, 11) is 0. The Labute approximate surface area is 186 Å². The number of aryl methyl sites for hydroxylation is 2. The molecule has 2 atom stereocenters. The number of carbonyl (C=O) groups is 2. The molecule has 0 aliphatic rings. The minimum absolute atomic E-state index is 0.404. The van der Waals surface area contributed by atoms with Gasteiger partial charge in [-0.25, -0.2) is 0 Å².